The van der Waals surface area contributed by atoms with Gasteiger partial charge in [-0.2, -0.15) is 13.2 Å². The fourth-order valence-corrected chi connectivity index (χ4v) is 2.82. The highest BCUT2D eigenvalue weighted by Crippen LogP contribution is 2.18. The molecule has 0 amide bonds. The molecule has 2 N–H and O–H groups in total. The lowest BCUT2D eigenvalue weighted by atomic mass is 9.96. The van der Waals surface area contributed by atoms with Crippen molar-refractivity contribution in [1.29, 1.82) is 0 Å². The molecule has 1 rings (SSSR count). The Labute approximate surface area is 120 Å². The summed E-state index contributed by atoms with van der Waals surface area (Å²) in [5.74, 6) is 0.700. The summed E-state index contributed by atoms with van der Waals surface area (Å²) in [6, 6.07) is 0. The highest BCUT2D eigenvalue weighted by Gasteiger charge is 2.31. The van der Waals surface area contributed by atoms with Crippen LogP contribution in [0.15, 0.2) is 0 Å². The van der Waals surface area contributed by atoms with Crippen molar-refractivity contribution in [2.45, 2.75) is 38.8 Å². The maximum absolute atomic E-state index is 12.3. The lowest BCUT2D eigenvalue weighted by Gasteiger charge is -2.35. The van der Waals surface area contributed by atoms with E-state index in [2.05, 4.69) is 11.8 Å². The van der Waals surface area contributed by atoms with Crippen molar-refractivity contribution >= 4 is 0 Å². The van der Waals surface area contributed by atoms with E-state index in [1.54, 1.807) is 0 Å². The number of piperazine rings is 1. The molecule has 6 heteroatoms. The zero-order valence-electron chi connectivity index (χ0n) is 12.5. The Bertz CT molecular complexity index is 251. The van der Waals surface area contributed by atoms with Crippen molar-refractivity contribution in [2.24, 2.45) is 11.7 Å². The first-order valence-corrected chi connectivity index (χ1v) is 7.66. The van der Waals surface area contributed by atoms with Gasteiger partial charge in [0.15, 0.2) is 0 Å². The summed E-state index contributed by atoms with van der Waals surface area (Å²) in [6.45, 7) is 5.73. The van der Waals surface area contributed by atoms with E-state index < -0.39 is 12.7 Å². The Hall–Kier alpha value is -0.330. The maximum atomic E-state index is 12.3. The van der Waals surface area contributed by atoms with Gasteiger partial charge < -0.3 is 10.6 Å². The number of hydrogen-bond acceptors (Lipinski definition) is 3. The number of alkyl halides is 3. The molecule has 1 saturated heterocycles. The average molecular weight is 295 g/mol. The van der Waals surface area contributed by atoms with Gasteiger partial charge in [-0.25, -0.2) is 0 Å². The van der Waals surface area contributed by atoms with Crippen LogP contribution in [0.1, 0.15) is 32.6 Å². The van der Waals surface area contributed by atoms with E-state index >= 15 is 0 Å². The lowest BCUT2D eigenvalue weighted by molar-refractivity contribution is -0.149. The van der Waals surface area contributed by atoms with Crippen LogP contribution in [0.2, 0.25) is 0 Å². The molecule has 1 atom stereocenters. The molecule has 0 radical (unpaired) electrons. The molecule has 120 valence electrons. The first kappa shape index (κ1) is 17.7. The second-order valence-corrected chi connectivity index (χ2v) is 5.73. The molecular weight excluding hydrogens is 267 g/mol. The smallest absolute Gasteiger partial charge is 0.330 e. The third kappa shape index (κ3) is 7.45. The highest BCUT2D eigenvalue weighted by atomic mass is 19.4. The van der Waals surface area contributed by atoms with E-state index in [0.717, 1.165) is 45.4 Å². The molecule has 0 aromatic heterocycles. The van der Waals surface area contributed by atoms with E-state index in [1.807, 2.05) is 0 Å². The molecule has 0 bridgehead atoms. The van der Waals surface area contributed by atoms with Crippen LogP contribution in [-0.2, 0) is 0 Å². The van der Waals surface area contributed by atoms with Gasteiger partial charge in [0.2, 0.25) is 0 Å². The van der Waals surface area contributed by atoms with Crippen molar-refractivity contribution in [3.05, 3.63) is 0 Å². The van der Waals surface area contributed by atoms with Crippen LogP contribution in [0, 0.1) is 5.92 Å². The van der Waals surface area contributed by atoms with Gasteiger partial charge in [-0.15, -0.1) is 0 Å². The van der Waals surface area contributed by atoms with Crippen LogP contribution in [0.5, 0.6) is 0 Å². The molecule has 3 nitrogen and oxygen atoms in total. The first-order valence-electron chi connectivity index (χ1n) is 7.66. The number of rotatable bonds is 8. The van der Waals surface area contributed by atoms with E-state index in [1.165, 1.54) is 11.3 Å². The third-order valence-corrected chi connectivity index (χ3v) is 4.11. The minimum absolute atomic E-state index is 0.527. The Balaban J connectivity index is 2.13. The molecule has 1 aliphatic heterocycles. The number of halogens is 3. The van der Waals surface area contributed by atoms with Gasteiger partial charge in [0.1, 0.15) is 0 Å². The second kappa shape index (κ2) is 8.85. The van der Waals surface area contributed by atoms with Crippen molar-refractivity contribution in [1.82, 2.24) is 9.80 Å². The lowest BCUT2D eigenvalue weighted by Crippen LogP contribution is -2.49. The summed E-state index contributed by atoms with van der Waals surface area (Å²) in [5, 5.41) is 0. The summed E-state index contributed by atoms with van der Waals surface area (Å²) in [6.07, 6.45) is 0.472. The van der Waals surface area contributed by atoms with Crippen LogP contribution in [0.3, 0.4) is 0 Å². The zero-order chi connectivity index (χ0) is 15.0. The third-order valence-electron chi connectivity index (χ3n) is 4.11. The van der Waals surface area contributed by atoms with Crippen LogP contribution in [-0.4, -0.2) is 61.8 Å². The minimum atomic E-state index is -4.07. The molecule has 0 aromatic rings. The SMILES string of the molecule is CCC(CCN)CCCN1CCN(CC(F)(F)F)CC1. The summed E-state index contributed by atoms with van der Waals surface area (Å²) in [4.78, 5) is 3.78. The quantitative estimate of drug-likeness (QED) is 0.746. The van der Waals surface area contributed by atoms with Gasteiger partial charge in [0.25, 0.3) is 0 Å². The molecular formula is C14H28F3N3. The van der Waals surface area contributed by atoms with Gasteiger partial charge >= 0.3 is 6.18 Å². The van der Waals surface area contributed by atoms with Crippen molar-refractivity contribution in [3.8, 4) is 0 Å². The van der Waals surface area contributed by atoms with Crippen LogP contribution in [0.4, 0.5) is 13.2 Å². The molecule has 0 spiro atoms. The van der Waals surface area contributed by atoms with E-state index in [0.29, 0.717) is 19.0 Å². The zero-order valence-corrected chi connectivity index (χ0v) is 12.5. The van der Waals surface area contributed by atoms with Crippen LogP contribution >= 0.6 is 0 Å². The minimum Gasteiger partial charge on any atom is -0.330 e. The number of nitrogens with two attached hydrogens (primary N) is 1. The molecule has 1 unspecified atom stereocenters. The topological polar surface area (TPSA) is 32.5 Å². The monoisotopic (exact) mass is 295 g/mol. The Morgan fingerprint density at radius 3 is 2.15 bits per heavy atom. The molecule has 0 aliphatic carbocycles. The first-order chi connectivity index (χ1) is 9.44. The van der Waals surface area contributed by atoms with Gasteiger partial charge in [0.05, 0.1) is 6.54 Å². The summed E-state index contributed by atoms with van der Waals surface area (Å²) in [5.41, 5.74) is 5.58. The largest absolute Gasteiger partial charge is 0.401 e. The Morgan fingerprint density at radius 1 is 1.05 bits per heavy atom. The summed E-state index contributed by atoms with van der Waals surface area (Å²) in [7, 11) is 0. The van der Waals surface area contributed by atoms with Crippen LogP contribution < -0.4 is 5.73 Å². The maximum Gasteiger partial charge on any atom is 0.401 e. The fourth-order valence-electron chi connectivity index (χ4n) is 2.82. The molecule has 1 heterocycles. The van der Waals surface area contributed by atoms with Crippen molar-refractivity contribution in [3.63, 3.8) is 0 Å². The van der Waals surface area contributed by atoms with Crippen molar-refractivity contribution < 1.29 is 13.2 Å². The second-order valence-electron chi connectivity index (χ2n) is 5.73. The van der Waals surface area contributed by atoms with Gasteiger partial charge in [-0.05, 0) is 38.3 Å². The number of nitrogens with zero attached hydrogens (tertiary/aromatic N) is 2. The highest BCUT2D eigenvalue weighted by molar-refractivity contribution is 4.74. The molecule has 0 saturated carbocycles. The van der Waals surface area contributed by atoms with E-state index in [9.17, 15) is 13.2 Å². The van der Waals surface area contributed by atoms with Gasteiger partial charge in [-0.3, -0.25) is 4.90 Å². The fraction of sp³-hybridized carbons (Fsp3) is 1.00. The van der Waals surface area contributed by atoms with E-state index in [-0.39, 0.29) is 0 Å². The standard InChI is InChI=1S/C14H28F3N3/c1-2-13(5-6-18)4-3-7-19-8-10-20(11-9-19)12-14(15,16)17/h13H,2-12,18H2,1H3. The average Bonchev–Trinajstić information content (AvgIpc) is 2.38. The Morgan fingerprint density at radius 2 is 1.65 bits per heavy atom. The van der Waals surface area contributed by atoms with Gasteiger partial charge in [-0.1, -0.05) is 13.3 Å². The summed E-state index contributed by atoms with van der Waals surface area (Å²) < 4.78 is 36.8. The molecule has 0 aromatic carbocycles. The predicted octanol–water partition coefficient (Wildman–Crippen LogP) is 2.32. The van der Waals surface area contributed by atoms with Gasteiger partial charge in [0, 0.05) is 26.2 Å². The molecule has 20 heavy (non-hydrogen) atoms. The molecule has 1 fully saturated rings. The number of hydrogen-bond donors (Lipinski definition) is 1. The summed E-state index contributed by atoms with van der Waals surface area (Å²) >= 11 is 0. The van der Waals surface area contributed by atoms with Crippen LogP contribution in [0.25, 0.3) is 0 Å². The molecule has 1 aliphatic rings. The predicted molar refractivity (Wildman–Crippen MR) is 75.6 cm³/mol. The van der Waals surface area contributed by atoms with E-state index in [4.69, 9.17) is 5.73 Å². The normalized spacial score (nSPS) is 20.2. The Kier molecular flexibility index (Phi) is 7.84. The van der Waals surface area contributed by atoms with Crippen molar-refractivity contribution in [2.75, 3.05) is 45.8 Å².